The molecular weight excluding hydrogens is 535 g/mol. The normalized spacial score (nSPS) is 23.0. The summed E-state index contributed by atoms with van der Waals surface area (Å²) in [6.07, 6.45) is 0.819. The fraction of sp³-hybridized carbons (Fsp3) is 0.321. The number of aromatic nitrogens is 1. The molecule has 2 aliphatic rings. The zero-order valence-electron chi connectivity index (χ0n) is 20.2. The Kier molecular flexibility index (Phi) is 7.40. The molecule has 1 atom stereocenters. The van der Waals surface area contributed by atoms with Crippen molar-refractivity contribution in [2.24, 2.45) is 5.92 Å². The van der Waals surface area contributed by atoms with E-state index in [1.165, 1.54) is 6.07 Å². The van der Waals surface area contributed by atoms with E-state index >= 15 is 0 Å². The highest BCUT2D eigenvalue weighted by Crippen LogP contribution is 2.46. The third-order valence-electron chi connectivity index (χ3n) is 7.35. The maximum absolute atomic E-state index is 13.6. The summed E-state index contributed by atoms with van der Waals surface area (Å²) in [7, 11) is 0. The van der Waals surface area contributed by atoms with E-state index in [1.807, 2.05) is 6.07 Å². The smallest absolute Gasteiger partial charge is 0.281 e. The second-order valence-corrected chi connectivity index (χ2v) is 10.6. The molecule has 38 heavy (non-hydrogen) atoms. The monoisotopic (exact) mass is 559 g/mol. The molecule has 1 aromatic heterocycles. The molecule has 0 bridgehead atoms. The highest BCUT2D eigenvalue weighted by molar-refractivity contribution is 6.31. The van der Waals surface area contributed by atoms with Crippen molar-refractivity contribution >= 4 is 40.7 Å². The first-order valence-electron chi connectivity index (χ1n) is 12.3. The molecule has 2 N–H and O–H groups in total. The molecule has 6 nitrogen and oxygen atoms in total. The van der Waals surface area contributed by atoms with E-state index in [-0.39, 0.29) is 22.5 Å². The van der Waals surface area contributed by atoms with E-state index < -0.39 is 29.5 Å². The standard InChI is InChI=1S/C28H25Cl2F2N3O3/c29-18-8-11-22-23(13-18)35(27(37)28(22,38)17-4-2-1-3-5-17)15-16-6-9-20(10-7-16)34-26(36)21-12-19(30)14-33-24(21)25(31)32/h1-5,8,11-14,16,20,25,38H,6-7,9-10,15H2,(H,34,36). The summed E-state index contributed by atoms with van der Waals surface area (Å²) in [6.45, 7) is 0.385. The Bertz CT molecular complexity index is 1370. The third kappa shape index (κ3) is 4.88. The van der Waals surface area contributed by atoms with Crippen molar-refractivity contribution in [1.29, 1.82) is 0 Å². The molecular formula is C28H25Cl2F2N3O3. The zero-order chi connectivity index (χ0) is 27.0. The Balaban J connectivity index is 1.28. The number of hydrogen-bond acceptors (Lipinski definition) is 4. The molecule has 1 aliphatic carbocycles. The molecule has 2 aromatic carbocycles. The Morgan fingerprint density at radius 1 is 1.08 bits per heavy atom. The van der Waals surface area contributed by atoms with Crippen LogP contribution in [0.15, 0.2) is 60.8 Å². The van der Waals surface area contributed by atoms with Crippen molar-refractivity contribution in [2.75, 3.05) is 11.4 Å². The summed E-state index contributed by atoms with van der Waals surface area (Å²) < 4.78 is 26.6. The lowest BCUT2D eigenvalue weighted by Crippen LogP contribution is -2.44. The number of amides is 2. The van der Waals surface area contributed by atoms with Gasteiger partial charge in [0.15, 0.2) is 5.60 Å². The molecule has 2 amide bonds. The number of pyridine rings is 1. The molecule has 1 saturated carbocycles. The van der Waals surface area contributed by atoms with Crippen molar-refractivity contribution in [1.82, 2.24) is 10.3 Å². The number of anilines is 1. The molecule has 0 spiro atoms. The Hall–Kier alpha value is -3.07. The number of nitrogens with one attached hydrogen (secondary N) is 1. The van der Waals surface area contributed by atoms with Crippen LogP contribution in [-0.4, -0.2) is 34.5 Å². The van der Waals surface area contributed by atoms with Gasteiger partial charge in [-0.3, -0.25) is 14.6 Å². The van der Waals surface area contributed by atoms with Gasteiger partial charge < -0.3 is 15.3 Å². The molecule has 1 unspecified atom stereocenters. The molecule has 1 aliphatic heterocycles. The van der Waals surface area contributed by atoms with E-state index in [1.54, 1.807) is 47.4 Å². The number of nitrogens with zero attached hydrogens (tertiary/aromatic N) is 2. The highest BCUT2D eigenvalue weighted by atomic mass is 35.5. The maximum Gasteiger partial charge on any atom is 0.281 e. The number of aliphatic hydroxyl groups is 1. The van der Waals surface area contributed by atoms with Crippen LogP contribution >= 0.6 is 23.2 Å². The fourth-order valence-electron chi connectivity index (χ4n) is 5.41. The van der Waals surface area contributed by atoms with Gasteiger partial charge >= 0.3 is 0 Å². The molecule has 2 heterocycles. The van der Waals surface area contributed by atoms with Gasteiger partial charge in [0, 0.05) is 29.4 Å². The largest absolute Gasteiger partial charge is 0.372 e. The van der Waals surface area contributed by atoms with E-state index in [0.29, 0.717) is 54.1 Å². The lowest BCUT2D eigenvalue weighted by molar-refractivity contribution is -0.132. The number of rotatable bonds is 6. The number of benzene rings is 2. The van der Waals surface area contributed by atoms with Crippen LogP contribution in [0.4, 0.5) is 14.5 Å². The van der Waals surface area contributed by atoms with E-state index in [0.717, 1.165) is 6.20 Å². The molecule has 3 aromatic rings. The molecule has 1 fully saturated rings. The van der Waals surface area contributed by atoms with Crippen LogP contribution in [-0.2, 0) is 10.4 Å². The summed E-state index contributed by atoms with van der Waals surface area (Å²) in [4.78, 5) is 31.6. The minimum Gasteiger partial charge on any atom is -0.372 e. The van der Waals surface area contributed by atoms with Gasteiger partial charge in [-0.15, -0.1) is 0 Å². The predicted octanol–water partition coefficient (Wildman–Crippen LogP) is 5.90. The van der Waals surface area contributed by atoms with Gasteiger partial charge in [-0.05, 0) is 55.4 Å². The number of halogens is 4. The number of fused-ring (bicyclic) bond motifs is 1. The van der Waals surface area contributed by atoms with Gasteiger partial charge in [-0.1, -0.05) is 59.6 Å². The van der Waals surface area contributed by atoms with Crippen molar-refractivity contribution in [3.8, 4) is 0 Å². The minimum atomic E-state index is -2.90. The Morgan fingerprint density at radius 3 is 2.47 bits per heavy atom. The van der Waals surface area contributed by atoms with Gasteiger partial charge in [0.05, 0.1) is 16.3 Å². The second-order valence-electron chi connectivity index (χ2n) is 9.73. The van der Waals surface area contributed by atoms with E-state index in [9.17, 15) is 23.5 Å². The second kappa shape index (κ2) is 10.6. The van der Waals surface area contributed by atoms with Crippen LogP contribution < -0.4 is 10.2 Å². The van der Waals surface area contributed by atoms with Gasteiger partial charge in [0.1, 0.15) is 5.69 Å². The minimum absolute atomic E-state index is 0.106. The van der Waals surface area contributed by atoms with Crippen LogP contribution in [0.2, 0.25) is 10.0 Å². The van der Waals surface area contributed by atoms with Gasteiger partial charge in [0.2, 0.25) is 0 Å². The topological polar surface area (TPSA) is 82.5 Å². The molecule has 10 heteroatoms. The van der Waals surface area contributed by atoms with Crippen LogP contribution in [0.25, 0.3) is 0 Å². The van der Waals surface area contributed by atoms with Gasteiger partial charge in [0.25, 0.3) is 18.2 Å². The summed E-state index contributed by atoms with van der Waals surface area (Å²) in [5.41, 5.74) is -1.08. The number of hydrogen-bond donors (Lipinski definition) is 2. The highest BCUT2D eigenvalue weighted by Gasteiger charge is 2.51. The average Bonchev–Trinajstić information content (AvgIpc) is 3.12. The van der Waals surface area contributed by atoms with Crippen molar-refractivity contribution in [3.05, 3.63) is 93.2 Å². The van der Waals surface area contributed by atoms with Crippen LogP contribution in [0, 0.1) is 5.92 Å². The fourth-order valence-corrected chi connectivity index (χ4v) is 5.73. The van der Waals surface area contributed by atoms with Crippen molar-refractivity contribution in [3.63, 3.8) is 0 Å². The average molecular weight is 560 g/mol. The first kappa shape index (κ1) is 26.5. The predicted molar refractivity (Wildman–Crippen MR) is 141 cm³/mol. The lowest BCUT2D eigenvalue weighted by atomic mass is 9.85. The van der Waals surface area contributed by atoms with Gasteiger partial charge in [-0.2, -0.15) is 0 Å². The summed E-state index contributed by atoms with van der Waals surface area (Å²) in [5, 5.41) is 15.1. The van der Waals surface area contributed by atoms with Crippen LogP contribution in [0.5, 0.6) is 0 Å². The molecule has 0 radical (unpaired) electrons. The van der Waals surface area contributed by atoms with E-state index in [4.69, 9.17) is 23.2 Å². The number of carbonyl (C=O) groups excluding carboxylic acids is 2. The molecule has 0 saturated heterocycles. The first-order chi connectivity index (χ1) is 18.2. The van der Waals surface area contributed by atoms with Gasteiger partial charge in [-0.25, -0.2) is 8.78 Å². The Labute approximate surface area is 228 Å². The Morgan fingerprint density at radius 2 is 1.79 bits per heavy atom. The van der Waals surface area contributed by atoms with Crippen molar-refractivity contribution < 1.29 is 23.5 Å². The van der Waals surface area contributed by atoms with Crippen LogP contribution in [0.3, 0.4) is 0 Å². The quantitative estimate of drug-likeness (QED) is 0.394. The summed E-state index contributed by atoms with van der Waals surface area (Å²) in [5.74, 6) is -0.948. The molecule has 5 rings (SSSR count). The van der Waals surface area contributed by atoms with Crippen molar-refractivity contribution in [2.45, 2.75) is 43.8 Å². The maximum atomic E-state index is 13.6. The number of alkyl halides is 2. The first-order valence-corrected chi connectivity index (χ1v) is 13.1. The summed E-state index contributed by atoms with van der Waals surface area (Å²) in [6, 6.07) is 14.9. The van der Waals surface area contributed by atoms with E-state index in [2.05, 4.69) is 10.3 Å². The summed E-state index contributed by atoms with van der Waals surface area (Å²) >= 11 is 12.1. The zero-order valence-corrected chi connectivity index (χ0v) is 21.7. The lowest BCUT2D eigenvalue weighted by Gasteiger charge is -2.32. The SMILES string of the molecule is O=C(NC1CCC(CN2C(=O)C(O)(c3ccccc3)c3ccc(Cl)cc32)CC1)c1cc(Cl)cnc1C(F)F. The third-order valence-corrected chi connectivity index (χ3v) is 7.79. The van der Waals surface area contributed by atoms with Crippen LogP contribution in [0.1, 0.15) is 59.3 Å². The number of carbonyl (C=O) groups is 2. The molecule has 198 valence electrons.